The van der Waals surface area contributed by atoms with Crippen molar-refractivity contribution in [1.82, 2.24) is 0 Å². The summed E-state index contributed by atoms with van der Waals surface area (Å²) in [5, 5.41) is 5.47. The first-order chi connectivity index (χ1) is 14.1. The third-order valence-electron chi connectivity index (χ3n) is 3.96. The number of benzene rings is 2. The summed E-state index contributed by atoms with van der Waals surface area (Å²) >= 11 is 0. The van der Waals surface area contributed by atoms with Crippen LogP contribution in [0.5, 0.6) is 11.5 Å². The average molecular weight is 392 g/mol. The molecule has 0 bridgehead atoms. The van der Waals surface area contributed by atoms with Gasteiger partial charge in [0.05, 0.1) is 20.5 Å². The Labute approximate surface area is 167 Å². The fourth-order valence-corrected chi connectivity index (χ4v) is 2.52. The molecule has 0 saturated carbocycles. The second kappa shape index (κ2) is 9.27. The molecule has 2 amide bonds. The number of furan rings is 1. The molecular weight excluding hydrogens is 372 g/mol. The molecule has 0 saturated heterocycles. The second-order valence-electron chi connectivity index (χ2n) is 5.98. The summed E-state index contributed by atoms with van der Waals surface area (Å²) in [6.45, 7) is 0. The monoisotopic (exact) mass is 392 g/mol. The van der Waals surface area contributed by atoms with E-state index in [-0.39, 0.29) is 17.6 Å². The lowest BCUT2D eigenvalue weighted by atomic mass is 10.2. The lowest BCUT2D eigenvalue weighted by Gasteiger charge is -2.07. The molecule has 3 aromatic rings. The number of methoxy groups -OCH3 is 2. The van der Waals surface area contributed by atoms with E-state index in [0.29, 0.717) is 22.9 Å². The summed E-state index contributed by atoms with van der Waals surface area (Å²) < 4.78 is 15.5. The third kappa shape index (κ3) is 5.49. The number of hydrogen-bond acceptors (Lipinski definition) is 5. The topological polar surface area (TPSA) is 89.8 Å². The van der Waals surface area contributed by atoms with Gasteiger partial charge in [-0.1, -0.05) is 0 Å². The summed E-state index contributed by atoms with van der Waals surface area (Å²) in [7, 11) is 3.13. The number of anilines is 2. The molecule has 0 radical (unpaired) electrons. The number of nitrogens with one attached hydrogen (secondary N) is 2. The Morgan fingerprint density at radius 2 is 1.52 bits per heavy atom. The van der Waals surface area contributed by atoms with Crippen molar-refractivity contribution in [2.24, 2.45) is 0 Å². The number of rotatable bonds is 7. The van der Waals surface area contributed by atoms with Gasteiger partial charge in [0.15, 0.2) is 5.76 Å². The van der Waals surface area contributed by atoms with Gasteiger partial charge in [0.1, 0.15) is 11.5 Å². The fraction of sp³-hybridized carbons (Fsp3) is 0.0909. The van der Waals surface area contributed by atoms with E-state index in [1.54, 1.807) is 74.9 Å². The Morgan fingerprint density at radius 3 is 2.07 bits per heavy atom. The summed E-state index contributed by atoms with van der Waals surface area (Å²) in [6, 6.07) is 15.3. The molecule has 3 rings (SSSR count). The predicted octanol–water partition coefficient (Wildman–Crippen LogP) is 4.20. The summed E-state index contributed by atoms with van der Waals surface area (Å²) in [5.74, 6) is 0.859. The Kier molecular flexibility index (Phi) is 6.32. The van der Waals surface area contributed by atoms with Gasteiger partial charge in [-0.15, -0.1) is 0 Å². The van der Waals surface area contributed by atoms with Crippen LogP contribution in [0.4, 0.5) is 11.4 Å². The van der Waals surface area contributed by atoms with Crippen LogP contribution in [0.15, 0.2) is 71.4 Å². The normalized spacial score (nSPS) is 10.6. The van der Waals surface area contributed by atoms with Crippen molar-refractivity contribution in [2.75, 3.05) is 24.9 Å². The molecule has 0 spiro atoms. The first-order valence-electron chi connectivity index (χ1n) is 8.74. The molecule has 7 nitrogen and oxygen atoms in total. The third-order valence-corrected chi connectivity index (χ3v) is 3.96. The van der Waals surface area contributed by atoms with E-state index >= 15 is 0 Å². The number of ether oxygens (including phenoxy) is 2. The van der Waals surface area contributed by atoms with Gasteiger partial charge in [-0.25, -0.2) is 0 Å². The first kappa shape index (κ1) is 19.8. The van der Waals surface area contributed by atoms with Crippen LogP contribution in [-0.4, -0.2) is 26.0 Å². The number of carbonyl (C=O) groups is 2. The minimum absolute atomic E-state index is 0.224. The van der Waals surface area contributed by atoms with Gasteiger partial charge < -0.3 is 24.5 Å². The van der Waals surface area contributed by atoms with E-state index in [9.17, 15) is 9.59 Å². The maximum atomic E-state index is 12.2. The Morgan fingerprint density at radius 1 is 0.897 bits per heavy atom. The molecule has 148 valence electrons. The number of carbonyl (C=O) groups excluding carboxylic acids is 2. The summed E-state index contributed by atoms with van der Waals surface area (Å²) in [4.78, 5) is 24.1. The van der Waals surface area contributed by atoms with Crippen LogP contribution < -0.4 is 20.1 Å². The van der Waals surface area contributed by atoms with Gasteiger partial charge in [-0.05, 0) is 60.2 Å². The van der Waals surface area contributed by atoms with Crippen LogP contribution in [0.3, 0.4) is 0 Å². The first-order valence-corrected chi connectivity index (χ1v) is 8.74. The largest absolute Gasteiger partial charge is 0.497 e. The van der Waals surface area contributed by atoms with Crippen molar-refractivity contribution in [3.63, 3.8) is 0 Å². The SMILES string of the molecule is COc1cc(/C=C/C(=O)Nc2ccc(NC(=O)c3ccco3)cc2)cc(OC)c1. The van der Waals surface area contributed by atoms with Crippen molar-refractivity contribution in [1.29, 1.82) is 0 Å². The standard InChI is InChI=1S/C22H20N2O5/c1-27-18-12-15(13-19(14-18)28-2)5-10-21(25)23-16-6-8-17(9-7-16)24-22(26)20-4-3-11-29-20/h3-14H,1-2H3,(H,23,25)(H,24,26)/b10-5+. The van der Waals surface area contributed by atoms with Crippen molar-refractivity contribution >= 4 is 29.3 Å². The molecule has 0 fully saturated rings. The van der Waals surface area contributed by atoms with Gasteiger partial charge in [0.25, 0.3) is 5.91 Å². The minimum atomic E-state index is -0.344. The number of amides is 2. The lowest BCUT2D eigenvalue weighted by Crippen LogP contribution is -2.11. The zero-order chi connectivity index (χ0) is 20.6. The molecule has 1 heterocycles. The second-order valence-corrected chi connectivity index (χ2v) is 5.98. The smallest absolute Gasteiger partial charge is 0.291 e. The van der Waals surface area contributed by atoms with Crippen LogP contribution in [-0.2, 0) is 4.79 Å². The maximum absolute atomic E-state index is 12.2. The molecule has 1 aromatic heterocycles. The molecule has 2 aromatic carbocycles. The molecule has 0 aliphatic rings. The van der Waals surface area contributed by atoms with Crippen LogP contribution in [0.1, 0.15) is 16.1 Å². The summed E-state index contributed by atoms with van der Waals surface area (Å²) in [5.41, 5.74) is 1.95. The molecule has 0 unspecified atom stereocenters. The minimum Gasteiger partial charge on any atom is -0.497 e. The lowest BCUT2D eigenvalue weighted by molar-refractivity contribution is -0.111. The average Bonchev–Trinajstić information content (AvgIpc) is 3.28. The fourth-order valence-electron chi connectivity index (χ4n) is 2.52. The van der Waals surface area contributed by atoms with E-state index in [1.807, 2.05) is 0 Å². The van der Waals surface area contributed by atoms with Crippen molar-refractivity contribution in [3.8, 4) is 11.5 Å². The van der Waals surface area contributed by atoms with Crippen LogP contribution in [0.2, 0.25) is 0 Å². The zero-order valence-electron chi connectivity index (χ0n) is 16.0. The molecule has 0 aliphatic carbocycles. The molecule has 7 heteroatoms. The van der Waals surface area contributed by atoms with Gasteiger partial charge >= 0.3 is 0 Å². The predicted molar refractivity (Wildman–Crippen MR) is 110 cm³/mol. The van der Waals surface area contributed by atoms with Gasteiger partial charge in [0, 0.05) is 23.5 Å². The Hall–Kier alpha value is -4.00. The van der Waals surface area contributed by atoms with Crippen LogP contribution >= 0.6 is 0 Å². The van der Waals surface area contributed by atoms with E-state index in [1.165, 1.54) is 12.3 Å². The molecule has 0 aliphatic heterocycles. The van der Waals surface area contributed by atoms with Gasteiger partial charge in [-0.2, -0.15) is 0 Å². The zero-order valence-corrected chi connectivity index (χ0v) is 16.0. The summed E-state index contributed by atoms with van der Waals surface area (Å²) in [6.07, 6.45) is 4.52. The maximum Gasteiger partial charge on any atom is 0.291 e. The van der Waals surface area contributed by atoms with Crippen molar-refractivity contribution < 1.29 is 23.5 Å². The highest BCUT2D eigenvalue weighted by Crippen LogP contribution is 2.23. The van der Waals surface area contributed by atoms with E-state index < -0.39 is 0 Å². The number of hydrogen-bond donors (Lipinski definition) is 2. The highest BCUT2D eigenvalue weighted by molar-refractivity contribution is 6.03. The van der Waals surface area contributed by atoms with Gasteiger partial charge in [0.2, 0.25) is 5.91 Å². The highest BCUT2D eigenvalue weighted by Gasteiger charge is 2.08. The Bertz CT molecular complexity index is 986. The van der Waals surface area contributed by atoms with E-state index in [0.717, 1.165) is 5.56 Å². The Balaban J connectivity index is 1.59. The van der Waals surface area contributed by atoms with Crippen molar-refractivity contribution in [3.05, 3.63) is 78.3 Å². The quantitative estimate of drug-likeness (QED) is 0.588. The molecule has 2 N–H and O–H groups in total. The molecule has 29 heavy (non-hydrogen) atoms. The molecule has 0 atom stereocenters. The molecular formula is C22H20N2O5. The van der Waals surface area contributed by atoms with E-state index in [4.69, 9.17) is 13.9 Å². The van der Waals surface area contributed by atoms with Gasteiger partial charge in [-0.3, -0.25) is 9.59 Å². The van der Waals surface area contributed by atoms with Crippen molar-refractivity contribution in [2.45, 2.75) is 0 Å². The highest BCUT2D eigenvalue weighted by atomic mass is 16.5. The van der Waals surface area contributed by atoms with E-state index in [2.05, 4.69) is 10.6 Å². The van der Waals surface area contributed by atoms with Crippen LogP contribution in [0, 0.1) is 0 Å². The van der Waals surface area contributed by atoms with Crippen LogP contribution in [0.25, 0.3) is 6.08 Å².